The summed E-state index contributed by atoms with van der Waals surface area (Å²) in [6.45, 7) is 0.574. The van der Waals surface area contributed by atoms with Crippen molar-refractivity contribution in [1.29, 1.82) is 5.26 Å². The molecule has 0 aliphatic rings. The first-order valence-electron chi connectivity index (χ1n) is 8.19. The van der Waals surface area contributed by atoms with Gasteiger partial charge in [-0.15, -0.1) is 0 Å². The molecule has 4 rings (SSSR count). The number of thioether (sulfide) groups is 1. The fourth-order valence-corrected chi connectivity index (χ4v) is 3.54. The third kappa shape index (κ3) is 3.62. The molecule has 9 heteroatoms. The lowest BCUT2D eigenvalue weighted by Gasteiger charge is -2.12. The van der Waals surface area contributed by atoms with Crippen LogP contribution in [0, 0.1) is 10.7 Å². The Morgan fingerprint density at radius 1 is 1.18 bits per heavy atom. The SMILES string of the molecule is N#CSc1cnn2c(NCc3ccncc3)cc(-c3cccc(Cl)c3Cl)nc12. The monoisotopic (exact) mass is 426 g/mol. The number of pyridine rings is 1. The van der Waals surface area contributed by atoms with Crippen molar-refractivity contribution < 1.29 is 0 Å². The van der Waals surface area contributed by atoms with Crippen LogP contribution >= 0.6 is 35.0 Å². The smallest absolute Gasteiger partial charge is 0.172 e. The maximum absolute atomic E-state index is 9.07. The summed E-state index contributed by atoms with van der Waals surface area (Å²) in [4.78, 5) is 9.37. The number of nitriles is 1. The van der Waals surface area contributed by atoms with E-state index in [0.29, 0.717) is 38.4 Å². The van der Waals surface area contributed by atoms with Crippen molar-refractivity contribution in [3.8, 4) is 16.7 Å². The number of hydrogen-bond acceptors (Lipinski definition) is 6. The molecule has 0 aliphatic carbocycles. The van der Waals surface area contributed by atoms with Crippen LogP contribution in [-0.2, 0) is 6.54 Å². The number of aromatic nitrogens is 4. The average Bonchev–Trinajstić information content (AvgIpc) is 3.12. The molecule has 138 valence electrons. The van der Waals surface area contributed by atoms with Crippen LogP contribution < -0.4 is 5.32 Å². The maximum atomic E-state index is 9.07. The zero-order chi connectivity index (χ0) is 19.5. The van der Waals surface area contributed by atoms with E-state index in [1.807, 2.05) is 30.3 Å². The molecule has 0 radical (unpaired) electrons. The van der Waals surface area contributed by atoms with E-state index < -0.39 is 0 Å². The molecular weight excluding hydrogens is 415 g/mol. The molecule has 0 fully saturated rings. The summed E-state index contributed by atoms with van der Waals surface area (Å²) in [5.41, 5.74) is 2.98. The lowest BCUT2D eigenvalue weighted by molar-refractivity contribution is 0.926. The number of fused-ring (bicyclic) bond motifs is 1. The quantitative estimate of drug-likeness (QED) is 0.345. The van der Waals surface area contributed by atoms with Crippen molar-refractivity contribution in [2.75, 3.05) is 5.32 Å². The molecule has 0 unspecified atom stereocenters. The van der Waals surface area contributed by atoms with E-state index in [-0.39, 0.29) is 0 Å². The number of nitrogens with zero attached hydrogens (tertiary/aromatic N) is 5. The molecule has 0 amide bonds. The normalized spacial score (nSPS) is 10.8. The van der Waals surface area contributed by atoms with Crippen molar-refractivity contribution in [2.45, 2.75) is 11.4 Å². The van der Waals surface area contributed by atoms with Gasteiger partial charge in [0.15, 0.2) is 5.65 Å². The Kier molecular flexibility index (Phi) is 5.35. The van der Waals surface area contributed by atoms with Gasteiger partial charge in [0, 0.05) is 30.6 Å². The summed E-state index contributed by atoms with van der Waals surface area (Å²) in [6.07, 6.45) is 5.11. The molecule has 0 saturated heterocycles. The molecule has 3 aromatic heterocycles. The molecule has 0 atom stereocenters. The summed E-state index contributed by atoms with van der Waals surface area (Å²) in [6, 6.07) is 11.1. The van der Waals surface area contributed by atoms with Crippen molar-refractivity contribution in [1.82, 2.24) is 19.6 Å². The van der Waals surface area contributed by atoms with Gasteiger partial charge in [-0.1, -0.05) is 35.3 Å². The highest BCUT2D eigenvalue weighted by atomic mass is 35.5. The van der Waals surface area contributed by atoms with Crippen LogP contribution in [0.4, 0.5) is 5.82 Å². The van der Waals surface area contributed by atoms with Crippen LogP contribution in [0.15, 0.2) is 59.9 Å². The van der Waals surface area contributed by atoms with Crippen LogP contribution in [0.25, 0.3) is 16.9 Å². The second kappa shape index (κ2) is 8.07. The summed E-state index contributed by atoms with van der Waals surface area (Å²) >= 11 is 13.6. The first-order chi connectivity index (χ1) is 13.7. The molecule has 0 bridgehead atoms. The zero-order valence-corrected chi connectivity index (χ0v) is 16.6. The second-order valence-corrected chi connectivity index (χ2v) is 7.39. The van der Waals surface area contributed by atoms with Gasteiger partial charge in [0.1, 0.15) is 11.2 Å². The molecule has 1 aromatic carbocycles. The summed E-state index contributed by atoms with van der Waals surface area (Å²) < 4.78 is 1.67. The van der Waals surface area contributed by atoms with Crippen molar-refractivity contribution in [3.05, 3.63) is 70.6 Å². The highest BCUT2D eigenvalue weighted by Crippen LogP contribution is 2.35. The van der Waals surface area contributed by atoms with E-state index in [2.05, 4.69) is 25.8 Å². The Labute approximate surface area is 175 Å². The number of hydrogen-bond donors (Lipinski definition) is 1. The van der Waals surface area contributed by atoms with Crippen LogP contribution in [0.3, 0.4) is 0 Å². The highest BCUT2D eigenvalue weighted by Gasteiger charge is 2.15. The largest absolute Gasteiger partial charge is 0.366 e. The molecule has 3 heterocycles. The predicted molar refractivity (Wildman–Crippen MR) is 111 cm³/mol. The van der Waals surface area contributed by atoms with Crippen LogP contribution in [-0.4, -0.2) is 19.6 Å². The van der Waals surface area contributed by atoms with Crippen molar-refractivity contribution in [3.63, 3.8) is 0 Å². The molecule has 0 saturated carbocycles. The standard InChI is InChI=1S/C19H12Cl2N6S/c20-14-3-1-2-13(18(14)21)15-8-17(24-9-12-4-6-23-7-5-12)27-19(26-15)16(10-25-27)28-11-22/h1-8,10,24H,9H2. The van der Waals surface area contributed by atoms with E-state index in [1.165, 1.54) is 0 Å². The lowest BCUT2D eigenvalue weighted by Crippen LogP contribution is -2.07. The average molecular weight is 427 g/mol. The van der Waals surface area contributed by atoms with Gasteiger partial charge in [0.05, 0.1) is 26.8 Å². The van der Waals surface area contributed by atoms with Gasteiger partial charge >= 0.3 is 0 Å². The lowest BCUT2D eigenvalue weighted by atomic mass is 10.1. The van der Waals surface area contributed by atoms with E-state index in [0.717, 1.165) is 23.1 Å². The molecular formula is C19H12Cl2N6S. The van der Waals surface area contributed by atoms with E-state index in [1.54, 1.807) is 29.2 Å². The fraction of sp³-hybridized carbons (Fsp3) is 0.0526. The van der Waals surface area contributed by atoms with Gasteiger partial charge in [0.2, 0.25) is 0 Å². The Morgan fingerprint density at radius 2 is 2.00 bits per heavy atom. The second-order valence-electron chi connectivity index (χ2n) is 5.77. The minimum atomic E-state index is 0.426. The third-order valence-electron chi connectivity index (χ3n) is 4.05. The summed E-state index contributed by atoms with van der Waals surface area (Å²) in [5, 5.41) is 19.8. The van der Waals surface area contributed by atoms with Gasteiger partial charge in [0.25, 0.3) is 0 Å². The molecule has 6 nitrogen and oxygen atoms in total. The summed E-state index contributed by atoms with van der Waals surface area (Å²) in [7, 11) is 0. The Hall–Kier alpha value is -2.79. The number of thiocyanates is 1. The van der Waals surface area contributed by atoms with Gasteiger partial charge in [-0.05, 0) is 35.5 Å². The van der Waals surface area contributed by atoms with Crippen molar-refractivity contribution in [2.24, 2.45) is 0 Å². The maximum Gasteiger partial charge on any atom is 0.172 e. The Morgan fingerprint density at radius 3 is 2.79 bits per heavy atom. The topological polar surface area (TPSA) is 78.9 Å². The minimum absolute atomic E-state index is 0.426. The van der Waals surface area contributed by atoms with E-state index in [9.17, 15) is 0 Å². The van der Waals surface area contributed by atoms with Gasteiger partial charge in [-0.2, -0.15) is 14.9 Å². The minimum Gasteiger partial charge on any atom is -0.366 e. The molecule has 0 spiro atoms. The molecule has 1 N–H and O–H groups in total. The first kappa shape index (κ1) is 18.6. The highest BCUT2D eigenvalue weighted by molar-refractivity contribution is 8.03. The number of rotatable bonds is 5. The predicted octanol–water partition coefficient (Wildman–Crippen LogP) is 5.28. The number of benzene rings is 1. The number of anilines is 1. The molecule has 28 heavy (non-hydrogen) atoms. The van der Waals surface area contributed by atoms with Gasteiger partial charge in [-0.3, -0.25) is 4.98 Å². The molecule has 4 aromatic rings. The summed E-state index contributed by atoms with van der Waals surface area (Å²) in [5.74, 6) is 0.720. The van der Waals surface area contributed by atoms with E-state index in [4.69, 9.17) is 28.5 Å². The number of halogens is 2. The van der Waals surface area contributed by atoms with E-state index >= 15 is 0 Å². The Balaban J connectivity index is 1.83. The fourth-order valence-electron chi connectivity index (χ4n) is 2.72. The first-order valence-corrected chi connectivity index (χ1v) is 9.76. The van der Waals surface area contributed by atoms with Crippen molar-refractivity contribution >= 4 is 46.4 Å². The van der Waals surface area contributed by atoms with Crippen LogP contribution in [0.5, 0.6) is 0 Å². The zero-order valence-electron chi connectivity index (χ0n) is 14.3. The van der Waals surface area contributed by atoms with Crippen LogP contribution in [0.2, 0.25) is 10.0 Å². The third-order valence-corrected chi connectivity index (χ3v) is 5.46. The van der Waals surface area contributed by atoms with Gasteiger partial charge in [-0.25, -0.2) is 4.98 Å². The van der Waals surface area contributed by atoms with Crippen LogP contribution in [0.1, 0.15) is 5.56 Å². The number of nitrogens with one attached hydrogen (secondary N) is 1. The molecule has 0 aliphatic heterocycles. The Bertz CT molecular complexity index is 1190. The van der Waals surface area contributed by atoms with Gasteiger partial charge < -0.3 is 5.32 Å².